The summed E-state index contributed by atoms with van der Waals surface area (Å²) in [5, 5.41) is 0.935. The number of likely N-dealkylation sites (tertiary alicyclic amines) is 1. The SMILES string of the molecule is COP(=O)(O)OC1CCN(C(=O)Cc2c(C)c3cc4c5c(c3oc2=O)CCCN5CCC4)CC1. The zero-order valence-electron chi connectivity index (χ0n) is 19.7. The lowest BCUT2D eigenvalue weighted by molar-refractivity contribution is -0.132. The van der Waals surface area contributed by atoms with Crippen LogP contribution in [0.1, 0.15) is 47.9 Å². The zero-order valence-corrected chi connectivity index (χ0v) is 20.6. The number of fused-ring (bicyclic) bond motifs is 2. The lowest BCUT2D eigenvalue weighted by atomic mass is 9.88. The summed E-state index contributed by atoms with van der Waals surface area (Å²) < 4.78 is 27.1. The van der Waals surface area contributed by atoms with E-state index >= 15 is 0 Å². The van der Waals surface area contributed by atoms with E-state index in [1.165, 1.54) is 11.3 Å². The van der Waals surface area contributed by atoms with Gasteiger partial charge in [0.05, 0.1) is 18.1 Å². The van der Waals surface area contributed by atoms with Gasteiger partial charge >= 0.3 is 13.4 Å². The van der Waals surface area contributed by atoms with Crippen molar-refractivity contribution in [2.24, 2.45) is 0 Å². The Morgan fingerprint density at radius 2 is 1.91 bits per heavy atom. The number of carbonyl (C=O) groups excluding carboxylic acids is 1. The van der Waals surface area contributed by atoms with Crippen LogP contribution < -0.4 is 10.5 Å². The molecular formula is C24H31N2O7P. The number of rotatable bonds is 5. The average Bonchev–Trinajstić information content (AvgIpc) is 2.83. The van der Waals surface area contributed by atoms with Crippen molar-refractivity contribution in [2.45, 2.75) is 58.0 Å². The second-order valence-electron chi connectivity index (χ2n) is 9.44. The molecule has 1 unspecified atom stereocenters. The van der Waals surface area contributed by atoms with Crippen LogP contribution in [0.4, 0.5) is 5.69 Å². The highest BCUT2D eigenvalue weighted by Crippen LogP contribution is 2.45. The molecule has 5 rings (SSSR count). The summed E-state index contributed by atoms with van der Waals surface area (Å²) in [5.74, 6) is -0.155. The lowest BCUT2D eigenvalue weighted by Crippen LogP contribution is -2.42. The highest BCUT2D eigenvalue weighted by Gasteiger charge is 2.31. The van der Waals surface area contributed by atoms with Crippen molar-refractivity contribution in [1.29, 1.82) is 0 Å². The van der Waals surface area contributed by atoms with Gasteiger partial charge in [0, 0.05) is 49.9 Å². The quantitative estimate of drug-likeness (QED) is 0.503. The number of phosphoric ester groups is 1. The molecule has 1 fully saturated rings. The Morgan fingerprint density at radius 3 is 2.62 bits per heavy atom. The minimum Gasteiger partial charge on any atom is -0.422 e. The van der Waals surface area contributed by atoms with Crippen LogP contribution in [0.3, 0.4) is 0 Å². The molecule has 1 atom stereocenters. The van der Waals surface area contributed by atoms with Gasteiger partial charge in [-0.3, -0.25) is 13.8 Å². The van der Waals surface area contributed by atoms with Gasteiger partial charge < -0.3 is 19.1 Å². The summed E-state index contributed by atoms with van der Waals surface area (Å²) >= 11 is 0. The van der Waals surface area contributed by atoms with Crippen molar-refractivity contribution in [2.75, 3.05) is 38.2 Å². The molecular weight excluding hydrogens is 459 g/mol. The Bertz CT molecular complexity index is 1230. The summed E-state index contributed by atoms with van der Waals surface area (Å²) in [7, 11) is -2.93. The van der Waals surface area contributed by atoms with Crippen LogP contribution in [-0.2, 0) is 37.7 Å². The largest absolute Gasteiger partial charge is 0.472 e. The van der Waals surface area contributed by atoms with Crippen LogP contribution in [0, 0.1) is 6.92 Å². The molecule has 0 radical (unpaired) electrons. The van der Waals surface area contributed by atoms with Gasteiger partial charge in [-0.1, -0.05) is 0 Å². The van der Waals surface area contributed by atoms with Crippen molar-refractivity contribution in [1.82, 2.24) is 4.90 Å². The molecule has 34 heavy (non-hydrogen) atoms. The third kappa shape index (κ3) is 4.31. The van der Waals surface area contributed by atoms with Gasteiger partial charge in [-0.25, -0.2) is 9.36 Å². The number of phosphoric acid groups is 1. The van der Waals surface area contributed by atoms with Crippen LogP contribution in [-0.4, -0.2) is 55.1 Å². The Balaban J connectivity index is 1.38. The fraction of sp³-hybridized carbons (Fsp3) is 0.583. The first-order valence-corrected chi connectivity index (χ1v) is 13.5. The monoisotopic (exact) mass is 490 g/mol. The summed E-state index contributed by atoms with van der Waals surface area (Å²) in [6.07, 6.45) is 4.47. The van der Waals surface area contributed by atoms with Crippen molar-refractivity contribution in [3.05, 3.63) is 38.7 Å². The van der Waals surface area contributed by atoms with Crippen LogP contribution in [0.2, 0.25) is 0 Å². The van der Waals surface area contributed by atoms with E-state index < -0.39 is 19.6 Å². The topological polar surface area (TPSA) is 110 Å². The molecule has 1 saturated heterocycles. The van der Waals surface area contributed by atoms with Crippen LogP contribution >= 0.6 is 7.82 Å². The van der Waals surface area contributed by atoms with Crippen molar-refractivity contribution in [3.63, 3.8) is 0 Å². The highest BCUT2D eigenvalue weighted by atomic mass is 31.2. The number of benzene rings is 1. The molecule has 0 aliphatic carbocycles. The molecule has 0 saturated carbocycles. The van der Waals surface area contributed by atoms with E-state index in [4.69, 9.17) is 8.94 Å². The number of piperidine rings is 1. The van der Waals surface area contributed by atoms with Gasteiger partial charge in [-0.05, 0) is 62.6 Å². The van der Waals surface area contributed by atoms with Crippen LogP contribution in [0.5, 0.6) is 0 Å². The zero-order chi connectivity index (χ0) is 24.0. The Kier molecular flexibility index (Phi) is 6.31. The van der Waals surface area contributed by atoms with E-state index in [0.29, 0.717) is 37.1 Å². The van der Waals surface area contributed by atoms with Crippen molar-refractivity contribution in [3.8, 4) is 0 Å². The molecule has 184 valence electrons. The van der Waals surface area contributed by atoms with Gasteiger partial charge in [0.2, 0.25) is 5.91 Å². The smallest absolute Gasteiger partial charge is 0.422 e. The number of hydrogen-bond donors (Lipinski definition) is 1. The number of nitrogens with zero attached hydrogens (tertiary/aromatic N) is 2. The summed E-state index contributed by atoms with van der Waals surface area (Å²) in [6, 6.07) is 2.16. The second-order valence-corrected chi connectivity index (χ2v) is 11.0. The first-order chi connectivity index (χ1) is 16.3. The predicted octanol–water partition coefficient (Wildman–Crippen LogP) is 3.10. The van der Waals surface area contributed by atoms with Gasteiger partial charge in [0.1, 0.15) is 5.58 Å². The molecule has 1 aromatic carbocycles. The van der Waals surface area contributed by atoms with E-state index in [0.717, 1.165) is 62.4 Å². The highest BCUT2D eigenvalue weighted by molar-refractivity contribution is 7.47. The third-order valence-corrected chi connectivity index (χ3v) is 8.43. The molecule has 3 aliphatic rings. The second kappa shape index (κ2) is 9.11. The van der Waals surface area contributed by atoms with E-state index in [1.54, 1.807) is 4.90 Å². The van der Waals surface area contributed by atoms with E-state index in [9.17, 15) is 19.0 Å². The maximum Gasteiger partial charge on any atom is 0.472 e. The van der Waals surface area contributed by atoms with Crippen LogP contribution in [0.25, 0.3) is 11.0 Å². The fourth-order valence-electron chi connectivity index (χ4n) is 5.61. The van der Waals surface area contributed by atoms with Crippen molar-refractivity contribution < 1.29 is 27.7 Å². The molecule has 0 bridgehead atoms. The normalized spacial score (nSPS) is 20.3. The summed E-state index contributed by atoms with van der Waals surface area (Å²) in [5.41, 5.74) is 5.15. The summed E-state index contributed by atoms with van der Waals surface area (Å²) in [6.45, 7) is 4.78. The molecule has 0 spiro atoms. The first kappa shape index (κ1) is 23.5. The number of aryl methyl sites for hydroxylation is 3. The number of amides is 1. The number of hydrogen-bond acceptors (Lipinski definition) is 7. The van der Waals surface area contributed by atoms with Gasteiger partial charge in [-0.2, -0.15) is 0 Å². The summed E-state index contributed by atoms with van der Waals surface area (Å²) in [4.78, 5) is 39.6. The van der Waals surface area contributed by atoms with Gasteiger partial charge in [-0.15, -0.1) is 0 Å². The first-order valence-electron chi connectivity index (χ1n) is 12.0. The Hall–Kier alpha value is -2.19. The predicted molar refractivity (Wildman–Crippen MR) is 127 cm³/mol. The van der Waals surface area contributed by atoms with Crippen molar-refractivity contribution >= 4 is 30.4 Å². The molecule has 1 aromatic heterocycles. The Labute approximate surface area is 198 Å². The molecule has 1 N–H and O–H groups in total. The number of anilines is 1. The maximum absolute atomic E-state index is 13.0. The minimum absolute atomic E-state index is 0.0231. The molecule has 3 aliphatic heterocycles. The third-order valence-electron chi connectivity index (χ3n) is 7.41. The molecule has 4 heterocycles. The standard InChI is InChI=1S/C24H31N2O7P/c1-15-19-13-16-5-3-9-26-10-4-6-18(22(16)26)23(19)32-24(28)20(15)14-21(27)25-11-7-17(8-12-25)33-34(29,30)31-2/h13,17H,3-12,14H2,1-2H3,(H,29,30). The van der Waals surface area contributed by atoms with E-state index in [-0.39, 0.29) is 12.3 Å². The van der Waals surface area contributed by atoms with E-state index in [2.05, 4.69) is 15.5 Å². The average molecular weight is 490 g/mol. The molecule has 10 heteroatoms. The van der Waals surface area contributed by atoms with Gasteiger partial charge in [0.15, 0.2) is 0 Å². The molecule has 1 amide bonds. The van der Waals surface area contributed by atoms with E-state index in [1.807, 2.05) is 6.92 Å². The lowest BCUT2D eigenvalue weighted by Gasteiger charge is -2.37. The maximum atomic E-state index is 13.0. The van der Waals surface area contributed by atoms with Gasteiger partial charge in [0.25, 0.3) is 0 Å². The Morgan fingerprint density at radius 1 is 1.21 bits per heavy atom. The van der Waals surface area contributed by atoms with Crippen LogP contribution in [0.15, 0.2) is 15.3 Å². The molecule has 2 aromatic rings. The fourth-order valence-corrected chi connectivity index (χ4v) is 6.28. The minimum atomic E-state index is -4.05. The molecule has 9 nitrogen and oxygen atoms in total. The number of carbonyl (C=O) groups is 1.